The van der Waals surface area contributed by atoms with Gasteiger partial charge in [-0.2, -0.15) is 0 Å². The minimum absolute atomic E-state index is 0.221. The topological polar surface area (TPSA) is 76.1 Å². The minimum atomic E-state index is -1.78. The van der Waals surface area contributed by atoms with Gasteiger partial charge in [-0.05, 0) is 43.7 Å². The number of benzene rings is 2. The van der Waals surface area contributed by atoms with Gasteiger partial charge < -0.3 is 19.5 Å². The van der Waals surface area contributed by atoms with Gasteiger partial charge in [-0.3, -0.25) is 9.59 Å². The van der Waals surface area contributed by atoms with Crippen molar-refractivity contribution in [3.8, 4) is 11.5 Å². The molecule has 6 nitrogen and oxygen atoms in total. The highest BCUT2D eigenvalue weighted by molar-refractivity contribution is 6.08. The fourth-order valence-corrected chi connectivity index (χ4v) is 3.34. The number of carbonyl (C=O) groups is 2. The molecular formula is C21H23NO5. The van der Waals surface area contributed by atoms with Gasteiger partial charge in [-0.15, -0.1) is 0 Å². The minimum Gasteiger partial charge on any atom is -0.497 e. The molecule has 0 spiro atoms. The lowest BCUT2D eigenvalue weighted by molar-refractivity contribution is -0.141. The first-order valence-corrected chi connectivity index (χ1v) is 8.86. The van der Waals surface area contributed by atoms with Crippen LogP contribution < -0.4 is 14.4 Å². The van der Waals surface area contributed by atoms with Crippen LogP contribution >= 0.6 is 0 Å². The molecule has 0 fully saturated rings. The molecule has 0 aromatic heterocycles. The molecule has 1 atom stereocenters. The van der Waals surface area contributed by atoms with Crippen LogP contribution in [0.1, 0.15) is 25.3 Å². The van der Waals surface area contributed by atoms with Gasteiger partial charge in [-0.1, -0.05) is 18.2 Å². The van der Waals surface area contributed by atoms with Gasteiger partial charge in [0.15, 0.2) is 5.60 Å². The quantitative estimate of drug-likeness (QED) is 0.724. The number of hydrogen-bond acceptors (Lipinski definition) is 5. The molecule has 3 rings (SSSR count). The van der Waals surface area contributed by atoms with Crippen LogP contribution in [0.4, 0.5) is 5.69 Å². The highest BCUT2D eigenvalue weighted by Gasteiger charge is 2.49. The van der Waals surface area contributed by atoms with Crippen molar-refractivity contribution in [2.24, 2.45) is 0 Å². The second kappa shape index (κ2) is 7.80. The largest absolute Gasteiger partial charge is 0.497 e. The molecule has 0 radical (unpaired) electrons. The second-order valence-electron chi connectivity index (χ2n) is 6.59. The van der Waals surface area contributed by atoms with Crippen LogP contribution in [0.15, 0.2) is 48.5 Å². The van der Waals surface area contributed by atoms with Crippen molar-refractivity contribution in [2.75, 3.05) is 25.2 Å². The number of Topliss-reactive ketones (excluding diaryl/α,β-unsaturated/α-hetero) is 1. The number of nitrogens with zero attached hydrogens (tertiary/aromatic N) is 1. The molecule has 0 saturated heterocycles. The molecule has 1 unspecified atom stereocenters. The molecule has 1 N–H and O–H groups in total. The fourth-order valence-electron chi connectivity index (χ4n) is 3.34. The van der Waals surface area contributed by atoms with Crippen LogP contribution in [0.25, 0.3) is 0 Å². The average molecular weight is 369 g/mol. The van der Waals surface area contributed by atoms with Crippen molar-refractivity contribution in [3.63, 3.8) is 0 Å². The fraction of sp³-hybridized carbons (Fsp3) is 0.333. The van der Waals surface area contributed by atoms with E-state index >= 15 is 0 Å². The molecule has 2 aromatic carbocycles. The third kappa shape index (κ3) is 3.80. The Kier molecular flexibility index (Phi) is 5.46. The van der Waals surface area contributed by atoms with Crippen molar-refractivity contribution in [1.82, 2.24) is 0 Å². The van der Waals surface area contributed by atoms with Crippen LogP contribution in [-0.2, 0) is 15.2 Å². The number of ether oxygens (including phenoxy) is 2. The Balaban J connectivity index is 1.64. The lowest BCUT2D eigenvalue weighted by Gasteiger charge is -2.22. The molecule has 1 heterocycles. The van der Waals surface area contributed by atoms with Crippen LogP contribution in [0.5, 0.6) is 11.5 Å². The van der Waals surface area contributed by atoms with Crippen LogP contribution in [0, 0.1) is 0 Å². The smallest absolute Gasteiger partial charge is 0.264 e. The Morgan fingerprint density at radius 1 is 1.11 bits per heavy atom. The van der Waals surface area contributed by atoms with E-state index in [0.29, 0.717) is 30.8 Å². The zero-order chi connectivity index (χ0) is 19.4. The Hall–Kier alpha value is -2.86. The standard InChI is InChI=1S/C21H23NO5/c1-15(23)14-21(25)18-6-3-4-7-19(18)22(20(21)24)12-5-13-27-17-10-8-16(26-2)9-11-17/h3-4,6-11,25H,5,12-14H2,1-2H3. The molecule has 0 aliphatic carbocycles. The van der Waals surface area contributed by atoms with E-state index in [9.17, 15) is 14.7 Å². The molecule has 1 aliphatic rings. The Morgan fingerprint density at radius 3 is 2.44 bits per heavy atom. The summed E-state index contributed by atoms with van der Waals surface area (Å²) >= 11 is 0. The van der Waals surface area contributed by atoms with Crippen LogP contribution in [0.3, 0.4) is 0 Å². The van der Waals surface area contributed by atoms with E-state index < -0.39 is 11.5 Å². The van der Waals surface area contributed by atoms with Crippen molar-refractivity contribution in [1.29, 1.82) is 0 Å². The molecule has 0 saturated carbocycles. The van der Waals surface area contributed by atoms with Crippen molar-refractivity contribution >= 4 is 17.4 Å². The van der Waals surface area contributed by atoms with Gasteiger partial charge in [-0.25, -0.2) is 0 Å². The van der Waals surface area contributed by atoms with Crippen molar-refractivity contribution < 1.29 is 24.2 Å². The van der Waals surface area contributed by atoms with Gasteiger partial charge in [0, 0.05) is 18.5 Å². The first kappa shape index (κ1) is 18.9. The number of anilines is 1. The number of hydrogen-bond donors (Lipinski definition) is 1. The molecule has 0 bridgehead atoms. The molecule has 142 valence electrons. The van der Waals surface area contributed by atoms with Crippen LogP contribution in [-0.4, -0.2) is 37.1 Å². The predicted molar refractivity (Wildman–Crippen MR) is 101 cm³/mol. The van der Waals surface area contributed by atoms with Gasteiger partial charge in [0.05, 0.1) is 19.4 Å². The molecule has 1 amide bonds. The van der Waals surface area contributed by atoms with Gasteiger partial charge >= 0.3 is 0 Å². The summed E-state index contributed by atoms with van der Waals surface area (Å²) in [4.78, 5) is 25.9. The van der Waals surface area contributed by atoms with E-state index in [1.807, 2.05) is 30.3 Å². The lowest BCUT2D eigenvalue weighted by atomic mass is 9.90. The maximum Gasteiger partial charge on any atom is 0.264 e. The maximum absolute atomic E-state index is 12.8. The lowest BCUT2D eigenvalue weighted by Crippen LogP contribution is -2.42. The van der Waals surface area contributed by atoms with Gasteiger partial charge in [0.25, 0.3) is 5.91 Å². The number of fused-ring (bicyclic) bond motifs is 1. The van der Waals surface area contributed by atoms with E-state index in [1.165, 1.54) is 11.8 Å². The average Bonchev–Trinajstić information content (AvgIpc) is 2.87. The van der Waals surface area contributed by atoms with E-state index in [1.54, 1.807) is 25.3 Å². The highest BCUT2D eigenvalue weighted by atomic mass is 16.5. The van der Waals surface area contributed by atoms with Gasteiger partial charge in [0.2, 0.25) is 0 Å². The molecular weight excluding hydrogens is 346 g/mol. The highest BCUT2D eigenvalue weighted by Crippen LogP contribution is 2.42. The van der Waals surface area contributed by atoms with Crippen molar-refractivity contribution in [2.45, 2.75) is 25.4 Å². The summed E-state index contributed by atoms with van der Waals surface area (Å²) in [5.74, 6) is 0.789. The summed E-state index contributed by atoms with van der Waals surface area (Å²) in [5, 5.41) is 10.9. The second-order valence-corrected chi connectivity index (χ2v) is 6.59. The van der Waals surface area contributed by atoms with Gasteiger partial charge in [0.1, 0.15) is 17.3 Å². The number of para-hydroxylation sites is 1. The third-order valence-electron chi connectivity index (χ3n) is 4.60. The number of amides is 1. The molecule has 6 heteroatoms. The summed E-state index contributed by atoms with van der Waals surface area (Å²) in [6, 6.07) is 14.3. The third-order valence-corrected chi connectivity index (χ3v) is 4.60. The zero-order valence-electron chi connectivity index (χ0n) is 15.5. The zero-order valence-corrected chi connectivity index (χ0v) is 15.5. The number of aliphatic hydroxyl groups is 1. The summed E-state index contributed by atoms with van der Waals surface area (Å²) in [5.41, 5.74) is -0.642. The van der Waals surface area contributed by atoms with Crippen molar-refractivity contribution in [3.05, 3.63) is 54.1 Å². The van der Waals surface area contributed by atoms with Crippen LogP contribution in [0.2, 0.25) is 0 Å². The maximum atomic E-state index is 12.8. The number of methoxy groups -OCH3 is 1. The summed E-state index contributed by atoms with van der Waals surface area (Å²) < 4.78 is 10.8. The first-order chi connectivity index (χ1) is 13.0. The predicted octanol–water partition coefficient (Wildman–Crippen LogP) is 2.68. The molecule has 1 aliphatic heterocycles. The Morgan fingerprint density at radius 2 is 1.78 bits per heavy atom. The number of ketones is 1. The van der Waals surface area contributed by atoms with E-state index in [0.717, 1.165) is 11.5 Å². The summed E-state index contributed by atoms with van der Waals surface area (Å²) in [7, 11) is 1.61. The summed E-state index contributed by atoms with van der Waals surface area (Å²) in [6.07, 6.45) is 0.365. The molecule has 2 aromatic rings. The van der Waals surface area contributed by atoms with E-state index in [4.69, 9.17) is 9.47 Å². The number of carbonyl (C=O) groups excluding carboxylic acids is 2. The normalized spacial score (nSPS) is 18.3. The first-order valence-electron chi connectivity index (χ1n) is 8.86. The summed E-state index contributed by atoms with van der Waals surface area (Å²) in [6.45, 7) is 2.19. The SMILES string of the molecule is COc1ccc(OCCCN2C(=O)C(O)(CC(C)=O)c3ccccc32)cc1. The Bertz CT molecular complexity index is 833. The Labute approximate surface area is 158 Å². The monoisotopic (exact) mass is 369 g/mol. The molecule has 27 heavy (non-hydrogen) atoms. The van der Waals surface area contributed by atoms with E-state index in [-0.39, 0.29) is 12.2 Å². The van der Waals surface area contributed by atoms with E-state index in [2.05, 4.69) is 0 Å². The number of rotatable bonds is 8.